The Labute approximate surface area is 199 Å². The van der Waals surface area contributed by atoms with Gasteiger partial charge in [-0.2, -0.15) is 0 Å². The van der Waals surface area contributed by atoms with Gasteiger partial charge in [-0.1, -0.05) is 36.3 Å². The van der Waals surface area contributed by atoms with E-state index in [-0.39, 0.29) is 44.1 Å². The average molecular weight is 530 g/mol. The maximum absolute atomic E-state index is 6.53. The van der Waals surface area contributed by atoms with Gasteiger partial charge in [-0.15, -0.1) is 8.93 Å². The lowest BCUT2D eigenvalue weighted by Crippen LogP contribution is -2.37. The Morgan fingerprint density at radius 1 is 1.29 bits per heavy atom. The van der Waals surface area contributed by atoms with Gasteiger partial charge in [-0.05, 0) is 45.1 Å². The summed E-state index contributed by atoms with van der Waals surface area (Å²) in [6, 6.07) is 0. The van der Waals surface area contributed by atoms with Crippen LogP contribution in [0.5, 0.6) is 0 Å². The first kappa shape index (κ1) is 28.9. The Bertz CT molecular complexity index is 538. The van der Waals surface area contributed by atoms with Crippen molar-refractivity contribution in [2.75, 3.05) is 13.7 Å². The molecule has 182 valence electrons. The molecule has 0 saturated carbocycles. The molecule has 31 heavy (non-hydrogen) atoms. The van der Waals surface area contributed by atoms with E-state index in [4.69, 9.17) is 23.3 Å². The highest BCUT2D eigenvalue weighted by atomic mass is 32.6. The Morgan fingerprint density at radius 2 is 2.03 bits per heavy atom. The van der Waals surface area contributed by atoms with Crippen molar-refractivity contribution in [3.8, 4) is 0 Å². The summed E-state index contributed by atoms with van der Waals surface area (Å²) in [5.41, 5.74) is 1.21. The van der Waals surface area contributed by atoms with Gasteiger partial charge in [0.15, 0.2) is 0 Å². The second-order valence-corrected chi connectivity index (χ2v) is 17.6. The number of ether oxygens (including phenoxy) is 3. The molecule has 2 heterocycles. The maximum Gasteiger partial charge on any atom is 0.0884 e. The molecule has 2 saturated heterocycles. The van der Waals surface area contributed by atoms with Gasteiger partial charge >= 0.3 is 0 Å². The molecule has 0 aromatic carbocycles. The second kappa shape index (κ2) is 14.9. The van der Waals surface area contributed by atoms with Crippen molar-refractivity contribution in [3.63, 3.8) is 0 Å². The molecular weight excluding hydrogens is 487 g/mol. The zero-order valence-electron chi connectivity index (χ0n) is 19.5. The third-order valence-electron chi connectivity index (χ3n) is 6.73. The maximum atomic E-state index is 6.53. The van der Waals surface area contributed by atoms with Gasteiger partial charge in [0.1, 0.15) is 0 Å². The number of methoxy groups -OCH3 is 1. The third kappa shape index (κ3) is 8.69. The molecule has 0 radical (unpaired) electrons. The molecule has 10 heteroatoms. The van der Waals surface area contributed by atoms with Crippen molar-refractivity contribution in [1.29, 1.82) is 0 Å². The van der Waals surface area contributed by atoms with Gasteiger partial charge in [-0.3, -0.25) is 0 Å². The molecule has 0 aromatic heterocycles. The normalized spacial score (nSPS) is 36.4. The van der Waals surface area contributed by atoms with Gasteiger partial charge < -0.3 is 23.3 Å². The van der Waals surface area contributed by atoms with Crippen LogP contribution in [-0.2, 0) is 23.3 Å². The van der Waals surface area contributed by atoms with E-state index < -0.39 is 0 Å². The van der Waals surface area contributed by atoms with Crippen molar-refractivity contribution < 1.29 is 23.3 Å². The van der Waals surface area contributed by atoms with Gasteiger partial charge in [0.05, 0.1) is 50.8 Å². The van der Waals surface area contributed by atoms with E-state index in [9.17, 15) is 0 Å². The molecule has 2 rings (SSSR count). The Kier molecular flexibility index (Phi) is 13.9. The summed E-state index contributed by atoms with van der Waals surface area (Å²) < 4.78 is 30.3. The fraction of sp³-hybridized carbons (Fsp3) is 0.905. The summed E-state index contributed by atoms with van der Waals surface area (Å²) in [7, 11) is 10.2. The molecule has 0 N–H and O–H groups in total. The van der Waals surface area contributed by atoms with Crippen LogP contribution in [0.15, 0.2) is 12.2 Å². The minimum absolute atomic E-state index is 0.0469. The van der Waals surface area contributed by atoms with Crippen molar-refractivity contribution in [1.82, 2.24) is 0 Å². The number of hydrogen-bond donors (Lipinski definition) is 0. The van der Waals surface area contributed by atoms with E-state index in [1.54, 1.807) is 7.11 Å². The van der Waals surface area contributed by atoms with Crippen LogP contribution in [0.3, 0.4) is 0 Å². The van der Waals surface area contributed by atoms with Crippen LogP contribution in [0.4, 0.5) is 0 Å². The summed E-state index contributed by atoms with van der Waals surface area (Å²) in [6.07, 6.45) is 6.50. The van der Waals surface area contributed by atoms with Gasteiger partial charge in [0.25, 0.3) is 0 Å². The standard InChI is InChI=1S/C21H43O5P5/c1-6-16(26-27)11-20-21(22-5)15(4)19(25-20)12-18-14(3)13(2)10-17(24-18)8-7-9-23-31(29)30-28/h13,15-21,30H,3,6-12,27-29H2,1-2,4-5H3/t13-,15+,16-,17+,18-,19?,20-,21-,31?/m1/s1. The number of hydrogen-bond acceptors (Lipinski definition) is 5. The van der Waals surface area contributed by atoms with Crippen molar-refractivity contribution in [2.24, 2.45) is 11.8 Å². The topological polar surface area (TPSA) is 46.2 Å². The van der Waals surface area contributed by atoms with E-state index in [1.807, 2.05) is 0 Å². The highest BCUT2D eigenvalue weighted by Crippen LogP contribution is 2.66. The Hall–Kier alpha value is 1.69. The Morgan fingerprint density at radius 3 is 2.65 bits per heavy atom. The first-order valence-corrected chi connectivity index (χ1v) is 18.4. The molecule has 0 aromatic rings. The molecule has 13 atom stereocenters. The molecule has 0 aliphatic carbocycles. The smallest absolute Gasteiger partial charge is 0.0884 e. The van der Waals surface area contributed by atoms with Crippen LogP contribution in [0.25, 0.3) is 0 Å². The van der Waals surface area contributed by atoms with Crippen molar-refractivity contribution >= 4 is 42.8 Å². The summed E-state index contributed by atoms with van der Waals surface area (Å²) in [5.74, 6) is 0.782. The van der Waals surface area contributed by atoms with Crippen LogP contribution in [0, 0.1) is 11.8 Å². The molecule has 0 spiro atoms. The van der Waals surface area contributed by atoms with Crippen LogP contribution in [0.2, 0.25) is 0 Å². The molecule has 0 bridgehead atoms. The van der Waals surface area contributed by atoms with Gasteiger partial charge in [0, 0.05) is 35.3 Å². The molecule has 2 aliphatic rings. The molecule has 0 amide bonds. The van der Waals surface area contributed by atoms with Crippen molar-refractivity contribution in [2.45, 2.75) is 95.9 Å². The summed E-state index contributed by atoms with van der Waals surface area (Å²) in [5, 5.41) is 0. The van der Waals surface area contributed by atoms with Gasteiger partial charge in [-0.25, -0.2) is 0 Å². The quantitative estimate of drug-likeness (QED) is 0.155. The van der Waals surface area contributed by atoms with E-state index in [2.05, 4.69) is 54.7 Å². The zero-order chi connectivity index (χ0) is 23.0. The second-order valence-electron chi connectivity index (χ2n) is 8.80. The SMILES string of the molecule is C=C1[C@H](C)C[C@H](CCCOP(P)PP)O[C@@H]1CC1O[C@H](C[C@@H](CC)OP)[C@H](OC)[C@H]1C. The van der Waals surface area contributed by atoms with Crippen LogP contribution < -0.4 is 0 Å². The van der Waals surface area contributed by atoms with Gasteiger partial charge in [0.2, 0.25) is 0 Å². The Balaban J connectivity index is 1.92. The molecule has 2 fully saturated rings. The fourth-order valence-corrected chi connectivity index (χ4v) is 6.92. The van der Waals surface area contributed by atoms with E-state index >= 15 is 0 Å². The van der Waals surface area contributed by atoms with E-state index in [0.717, 1.165) is 53.1 Å². The predicted octanol–water partition coefficient (Wildman–Crippen LogP) is 6.49. The predicted molar refractivity (Wildman–Crippen MR) is 144 cm³/mol. The largest absolute Gasteiger partial charge is 0.378 e. The van der Waals surface area contributed by atoms with Crippen LogP contribution in [0.1, 0.15) is 59.3 Å². The lowest BCUT2D eigenvalue weighted by Gasteiger charge is -2.37. The summed E-state index contributed by atoms with van der Waals surface area (Å²) >= 11 is 0. The van der Waals surface area contributed by atoms with Crippen LogP contribution >= 0.6 is 42.8 Å². The zero-order valence-corrected chi connectivity index (χ0v) is 24.9. The van der Waals surface area contributed by atoms with Crippen LogP contribution in [-0.4, -0.2) is 50.3 Å². The molecule has 6 unspecified atom stereocenters. The minimum atomic E-state index is -0.353. The molecule has 2 aliphatic heterocycles. The highest BCUT2D eigenvalue weighted by molar-refractivity contribution is 8.59. The number of rotatable bonds is 13. The highest BCUT2D eigenvalue weighted by Gasteiger charge is 2.44. The first-order valence-electron chi connectivity index (χ1n) is 11.4. The summed E-state index contributed by atoms with van der Waals surface area (Å²) in [4.78, 5) is 0. The lowest BCUT2D eigenvalue weighted by molar-refractivity contribution is -0.0739. The first-order chi connectivity index (χ1) is 14.8. The third-order valence-corrected chi connectivity index (χ3v) is 15.7. The van der Waals surface area contributed by atoms with Crippen molar-refractivity contribution in [3.05, 3.63) is 12.2 Å². The minimum Gasteiger partial charge on any atom is -0.378 e. The lowest BCUT2D eigenvalue weighted by atomic mass is 9.84. The molecular formula is C21H43O5P5. The fourth-order valence-electron chi connectivity index (χ4n) is 4.73. The monoisotopic (exact) mass is 530 g/mol. The van der Waals surface area contributed by atoms with E-state index in [1.165, 1.54) is 5.57 Å². The molecule has 5 nitrogen and oxygen atoms in total. The average Bonchev–Trinajstić information content (AvgIpc) is 3.06. The van der Waals surface area contributed by atoms with E-state index in [0.29, 0.717) is 11.8 Å². The summed E-state index contributed by atoms with van der Waals surface area (Å²) in [6.45, 7) is 11.8.